The van der Waals surface area contributed by atoms with Crippen molar-refractivity contribution < 1.29 is 4.79 Å². The van der Waals surface area contributed by atoms with E-state index in [2.05, 4.69) is 29.4 Å². The number of nitrogens with one attached hydrogen (secondary N) is 2. The standard InChI is InChI=1S/C14H29N3O/c1-12(2)13(17-10-5-4-6-11-17)14(18)16-9-7-8-15-3/h12-13,15H,4-11H2,1-3H3,(H,16,18). The number of amides is 1. The number of rotatable bonds is 7. The summed E-state index contributed by atoms with van der Waals surface area (Å²) in [5, 5.41) is 6.17. The lowest BCUT2D eigenvalue weighted by Gasteiger charge is -2.35. The molecule has 1 saturated heterocycles. The highest BCUT2D eigenvalue weighted by Gasteiger charge is 2.29. The van der Waals surface area contributed by atoms with E-state index in [4.69, 9.17) is 0 Å². The van der Waals surface area contributed by atoms with Gasteiger partial charge in [0.05, 0.1) is 6.04 Å². The quantitative estimate of drug-likeness (QED) is 0.672. The molecule has 1 rings (SSSR count). The number of carbonyl (C=O) groups excluding carboxylic acids is 1. The first-order valence-corrected chi connectivity index (χ1v) is 7.33. The molecule has 1 unspecified atom stereocenters. The van der Waals surface area contributed by atoms with E-state index in [1.165, 1.54) is 19.3 Å². The summed E-state index contributed by atoms with van der Waals surface area (Å²) in [5.74, 6) is 0.593. The fraction of sp³-hybridized carbons (Fsp3) is 0.929. The second-order valence-electron chi connectivity index (χ2n) is 5.53. The minimum Gasteiger partial charge on any atom is -0.355 e. The number of hydrogen-bond acceptors (Lipinski definition) is 3. The third-order valence-electron chi connectivity index (χ3n) is 3.59. The van der Waals surface area contributed by atoms with E-state index in [1.807, 2.05) is 7.05 Å². The topological polar surface area (TPSA) is 44.4 Å². The Morgan fingerprint density at radius 2 is 1.83 bits per heavy atom. The van der Waals surface area contributed by atoms with Gasteiger partial charge in [-0.3, -0.25) is 9.69 Å². The maximum absolute atomic E-state index is 12.3. The van der Waals surface area contributed by atoms with Gasteiger partial charge in [-0.2, -0.15) is 0 Å². The van der Waals surface area contributed by atoms with E-state index < -0.39 is 0 Å². The van der Waals surface area contributed by atoms with Crippen molar-refractivity contribution >= 4 is 5.91 Å². The number of nitrogens with zero attached hydrogens (tertiary/aromatic N) is 1. The van der Waals surface area contributed by atoms with E-state index in [9.17, 15) is 4.79 Å². The molecule has 2 N–H and O–H groups in total. The molecule has 0 spiro atoms. The Labute approximate surface area is 111 Å². The minimum atomic E-state index is 0.0554. The molecule has 1 amide bonds. The van der Waals surface area contributed by atoms with Crippen molar-refractivity contribution in [2.24, 2.45) is 5.92 Å². The van der Waals surface area contributed by atoms with Crippen molar-refractivity contribution in [1.82, 2.24) is 15.5 Å². The van der Waals surface area contributed by atoms with Crippen molar-refractivity contribution in [3.8, 4) is 0 Å². The summed E-state index contributed by atoms with van der Waals surface area (Å²) >= 11 is 0. The van der Waals surface area contributed by atoms with Gasteiger partial charge >= 0.3 is 0 Å². The molecule has 4 heteroatoms. The highest BCUT2D eigenvalue weighted by molar-refractivity contribution is 5.82. The Morgan fingerprint density at radius 1 is 1.17 bits per heavy atom. The molecule has 1 aliphatic heterocycles. The van der Waals surface area contributed by atoms with Crippen molar-refractivity contribution in [1.29, 1.82) is 0 Å². The number of carbonyl (C=O) groups is 1. The lowest BCUT2D eigenvalue weighted by Crippen LogP contribution is -2.51. The molecular formula is C14H29N3O. The smallest absolute Gasteiger partial charge is 0.237 e. The SMILES string of the molecule is CNCCCNC(=O)C(C(C)C)N1CCCCC1. The van der Waals surface area contributed by atoms with E-state index in [1.54, 1.807) is 0 Å². The molecule has 4 nitrogen and oxygen atoms in total. The molecule has 0 aromatic carbocycles. The zero-order valence-electron chi connectivity index (χ0n) is 12.2. The van der Waals surface area contributed by atoms with E-state index in [0.717, 1.165) is 32.6 Å². The first-order chi connectivity index (χ1) is 8.66. The highest BCUT2D eigenvalue weighted by Crippen LogP contribution is 2.17. The van der Waals surface area contributed by atoms with E-state index in [0.29, 0.717) is 5.92 Å². The maximum atomic E-state index is 12.3. The van der Waals surface area contributed by atoms with E-state index >= 15 is 0 Å². The normalized spacial score (nSPS) is 18.9. The molecule has 0 bridgehead atoms. The van der Waals surface area contributed by atoms with Crippen LogP contribution in [0.5, 0.6) is 0 Å². The zero-order valence-corrected chi connectivity index (χ0v) is 12.2. The number of piperidine rings is 1. The third-order valence-corrected chi connectivity index (χ3v) is 3.59. The summed E-state index contributed by atoms with van der Waals surface area (Å²) in [7, 11) is 1.94. The molecule has 106 valence electrons. The maximum Gasteiger partial charge on any atom is 0.237 e. The molecule has 1 atom stereocenters. The summed E-state index contributed by atoms with van der Waals surface area (Å²) in [4.78, 5) is 14.6. The van der Waals surface area contributed by atoms with Crippen molar-refractivity contribution in [3.05, 3.63) is 0 Å². The second kappa shape index (κ2) is 8.48. The van der Waals surface area contributed by atoms with Crippen LogP contribution in [-0.2, 0) is 4.79 Å². The van der Waals surface area contributed by atoms with Gasteiger partial charge in [0.15, 0.2) is 0 Å². The van der Waals surface area contributed by atoms with Gasteiger partial charge in [-0.15, -0.1) is 0 Å². The lowest BCUT2D eigenvalue weighted by atomic mass is 9.98. The minimum absolute atomic E-state index is 0.0554. The summed E-state index contributed by atoms with van der Waals surface area (Å²) in [6.45, 7) is 8.17. The Balaban J connectivity index is 2.42. The molecule has 1 aliphatic rings. The van der Waals surface area contributed by atoms with Gasteiger partial charge in [-0.1, -0.05) is 20.3 Å². The van der Waals surface area contributed by atoms with Crippen LogP contribution in [0.25, 0.3) is 0 Å². The first kappa shape index (κ1) is 15.4. The van der Waals surface area contributed by atoms with Gasteiger partial charge in [0, 0.05) is 6.54 Å². The van der Waals surface area contributed by atoms with Gasteiger partial charge in [-0.25, -0.2) is 0 Å². The van der Waals surface area contributed by atoms with Crippen LogP contribution in [0.4, 0.5) is 0 Å². The summed E-state index contributed by atoms with van der Waals surface area (Å²) < 4.78 is 0. The van der Waals surface area contributed by atoms with Crippen LogP contribution in [0.2, 0.25) is 0 Å². The van der Waals surface area contributed by atoms with Gasteiger partial charge < -0.3 is 10.6 Å². The Kier molecular flexibility index (Phi) is 7.28. The first-order valence-electron chi connectivity index (χ1n) is 7.33. The van der Waals surface area contributed by atoms with Crippen LogP contribution in [-0.4, -0.2) is 50.1 Å². The molecule has 0 aromatic rings. The second-order valence-corrected chi connectivity index (χ2v) is 5.53. The molecule has 1 heterocycles. The summed E-state index contributed by atoms with van der Waals surface area (Å²) in [5.41, 5.74) is 0. The predicted molar refractivity (Wildman–Crippen MR) is 75.6 cm³/mol. The average Bonchev–Trinajstić information content (AvgIpc) is 2.36. The van der Waals surface area contributed by atoms with Crippen LogP contribution in [0, 0.1) is 5.92 Å². The Morgan fingerprint density at radius 3 is 2.39 bits per heavy atom. The summed E-state index contributed by atoms with van der Waals surface area (Å²) in [6.07, 6.45) is 4.77. The lowest BCUT2D eigenvalue weighted by molar-refractivity contribution is -0.128. The van der Waals surface area contributed by atoms with E-state index in [-0.39, 0.29) is 11.9 Å². The van der Waals surface area contributed by atoms with Gasteiger partial charge in [0.2, 0.25) is 5.91 Å². The molecule has 0 radical (unpaired) electrons. The summed E-state index contributed by atoms with van der Waals surface area (Å²) in [6, 6.07) is 0.0554. The van der Waals surface area contributed by atoms with Crippen molar-refractivity contribution in [3.63, 3.8) is 0 Å². The van der Waals surface area contributed by atoms with Crippen molar-refractivity contribution in [2.45, 2.75) is 45.6 Å². The average molecular weight is 255 g/mol. The van der Waals surface area contributed by atoms with Crippen LogP contribution >= 0.6 is 0 Å². The predicted octanol–water partition coefficient (Wildman–Crippen LogP) is 1.22. The molecule has 1 fully saturated rings. The zero-order chi connectivity index (χ0) is 13.4. The van der Waals surface area contributed by atoms with Gasteiger partial charge in [0.25, 0.3) is 0 Å². The molecular weight excluding hydrogens is 226 g/mol. The number of hydrogen-bond donors (Lipinski definition) is 2. The van der Waals surface area contributed by atoms with Crippen LogP contribution < -0.4 is 10.6 Å². The number of likely N-dealkylation sites (tertiary alicyclic amines) is 1. The largest absolute Gasteiger partial charge is 0.355 e. The molecule has 0 aliphatic carbocycles. The van der Waals surface area contributed by atoms with Crippen LogP contribution in [0.15, 0.2) is 0 Å². The van der Waals surface area contributed by atoms with Gasteiger partial charge in [-0.05, 0) is 51.9 Å². The monoisotopic (exact) mass is 255 g/mol. The third kappa shape index (κ3) is 4.94. The Hall–Kier alpha value is -0.610. The van der Waals surface area contributed by atoms with Crippen LogP contribution in [0.3, 0.4) is 0 Å². The van der Waals surface area contributed by atoms with Gasteiger partial charge in [0.1, 0.15) is 0 Å². The fourth-order valence-electron chi connectivity index (χ4n) is 2.67. The van der Waals surface area contributed by atoms with Crippen LogP contribution in [0.1, 0.15) is 39.5 Å². The highest BCUT2D eigenvalue weighted by atomic mass is 16.2. The molecule has 0 saturated carbocycles. The molecule has 0 aromatic heterocycles. The molecule has 18 heavy (non-hydrogen) atoms. The fourth-order valence-corrected chi connectivity index (χ4v) is 2.67. The Bertz CT molecular complexity index is 237. The van der Waals surface area contributed by atoms with Crippen molar-refractivity contribution in [2.75, 3.05) is 33.2 Å².